The van der Waals surface area contributed by atoms with Crippen molar-refractivity contribution in [2.24, 2.45) is 36.1 Å². The van der Waals surface area contributed by atoms with E-state index in [1.807, 2.05) is 68.5 Å². The van der Waals surface area contributed by atoms with Crippen molar-refractivity contribution >= 4 is 90.5 Å². The molecule has 2 aliphatic heterocycles. The SMILES string of the molecule is Cc1c(-c2cc(N3C(=O)[C@@H]4C[C@@H]5C(=CC[C@@H]6C(=O)N(c7ccc(Cl)cc7)C(=O)[C@@H]65)[C@H](c5c(O)ccc6ccccc56)[C@]4(C)C3=O)n(C)n2)sc2ccc(Cl)cc12. The van der Waals surface area contributed by atoms with Gasteiger partial charge in [0.05, 0.1) is 33.7 Å². The van der Waals surface area contributed by atoms with Gasteiger partial charge in [-0.05, 0) is 103 Å². The Balaban J connectivity index is 1.12. The number of allylic oxidation sites excluding steroid dienone is 2. The Bertz CT molecular complexity index is 2770. The molecule has 10 rings (SSSR count). The monoisotopic (exact) mass is 800 g/mol. The third kappa shape index (κ3) is 4.75. The van der Waals surface area contributed by atoms with Gasteiger partial charge < -0.3 is 5.11 Å². The number of carbonyl (C=O) groups excluding carboxylic acids is 4. The van der Waals surface area contributed by atoms with Crippen LogP contribution >= 0.6 is 34.5 Å². The van der Waals surface area contributed by atoms with Gasteiger partial charge in [0.2, 0.25) is 23.6 Å². The van der Waals surface area contributed by atoms with Crippen LogP contribution in [-0.4, -0.2) is 38.5 Å². The largest absolute Gasteiger partial charge is 0.508 e. The number of aryl methyl sites for hydroxylation is 2. The lowest BCUT2D eigenvalue weighted by molar-refractivity contribution is -0.131. The smallest absolute Gasteiger partial charge is 0.242 e. The van der Waals surface area contributed by atoms with Crippen LogP contribution in [0, 0.1) is 36.0 Å². The second-order valence-electron chi connectivity index (χ2n) is 15.6. The Labute approximate surface area is 335 Å². The Hall–Kier alpha value is -5.29. The average molecular weight is 802 g/mol. The molecular weight excluding hydrogens is 767 g/mol. The molecule has 6 aromatic rings. The first-order valence-corrected chi connectivity index (χ1v) is 20.1. The highest BCUT2D eigenvalue weighted by atomic mass is 35.5. The number of halogens is 2. The minimum atomic E-state index is -1.36. The molecule has 0 spiro atoms. The Morgan fingerprint density at radius 2 is 1.59 bits per heavy atom. The topological polar surface area (TPSA) is 113 Å². The van der Waals surface area contributed by atoms with Gasteiger partial charge in [0, 0.05) is 39.3 Å². The van der Waals surface area contributed by atoms with E-state index < -0.39 is 46.8 Å². The normalized spacial score (nSPS) is 25.9. The van der Waals surface area contributed by atoms with E-state index in [0.717, 1.165) is 36.9 Å². The van der Waals surface area contributed by atoms with E-state index in [1.165, 1.54) is 9.80 Å². The van der Waals surface area contributed by atoms with Gasteiger partial charge in [-0.1, -0.05) is 65.2 Å². The van der Waals surface area contributed by atoms with E-state index in [2.05, 4.69) is 0 Å². The van der Waals surface area contributed by atoms with Crippen LogP contribution in [0.25, 0.3) is 31.4 Å². The lowest BCUT2D eigenvalue weighted by Crippen LogP contribution is -2.49. The highest BCUT2D eigenvalue weighted by Gasteiger charge is 2.68. The maximum Gasteiger partial charge on any atom is 0.242 e. The van der Waals surface area contributed by atoms with Crippen molar-refractivity contribution in [1.29, 1.82) is 0 Å². The van der Waals surface area contributed by atoms with Gasteiger partial charge in [-0.25, -0.2) is 4.90 Å². The first-order valence-electron chi connectivity index (χ1n) is 18.5. The Morgan fingerprint density at radius 3 is 2.38 bits per heavy atom. The van der Waals surface area contributed by atoms with E-state index in [9.17, 15) is 14.7 Å². The molecule has 4 amide bonds. The number of anilines is 2. The summed E-state index contributed by atoms with van der Waals surface area (Å²) in [4.78, 5) is 62.4. The summed E-state index contributed by atoms with van der Waals surface area (Å²) in [5.41, 5.74) is 2.03. The molecule has 2 aliphatic carbocycles. The minimum Gasteiger partial charge on any atom is -0.508 e. The third-order valence-corrected chi connectivity index (χ3v) is 14.6. The fourth-order valence-corrected chi connectivity index (χ4v) is 11.6. The van der Waals surface area contributed by atoms with Crippen LogP contribution in [0.3, 0.4) is 0 Å². The van der Waals surface area contributed by atoms with E-state index >= 15 is 9.59 Å². The van der Waals surface area contributed by atoms with Crippen molar-refractivity contribution in [1.82, 2.24) is 9.78 Å². The highest BCUT2D eigenvalue weighted by Crippen LogP contribution is 2.65. The molecule has 1 N–H and O–H groups in total. The third-order valence-electron chi connectivity index (χ3n) is 12.8. The quantitative estimate of drug-likeness (QED) is 0.141. The van der Waals surface area contributed by atoms with Crippen molar-refractivity contribution in [2.45, 2.75) is 32.6 Å². The summed E-state index contributed by atoms with van der Waals surface area (Å²) in [6, 6.07) is 25.3. The molecule has 12 heteroatoms. The predicted octanol–water partition coefficient (Wildman–Crippen LogP) is 9.21. The maximum atomic E-state index is 15.3. The summed E-state index contributed by atoms with van der Waals surface area (Å²) >= 11 is 14.1. The number of carbonyl (C=O) groups is 4. The molecular formula is C44H34Cl2N4O5S. The zero-order chi connectivity index (χ0) is 38.9. The summed E-state index contributed by atoms with van der Waals surface area (Å²) in [6.45, 7) is 3.83. The van der Waals surface area contributed by atoms with Crippen LogP contribution < -0.4 is 9.80 Å². The number of hydrogen-bond donors (Lipinski definition) is 1. The fourth-order valence-electron chi connectivity index (χ4n) is 10.2. The van der Waals surface area contributed by atoms with Gasteiger partial charge >= 0.3 is 0 Å². The molecule has 9 nitrogen and oxygen atoms in total. The summed E-state index contributed by atoms with van der Waals surface area (Å²) in [7, 11) is 1.72. The second-order valence-corrected chi connectivity index (χ2v) is 17.5. The van der Waals surface area contributed by atoms with Crippen molar-refractivity contribution in [3.8, 4) is 16.3 Å². The molecule has 3 fully saturated rings. The summed E-state index contributed by atoms with van der Waals surface area (Å²) in [5, 5.41) is 20.4. The molecule has 1 saturated carbocycles. The van der Waals surface area contributed by atoms with Crippen LogP contribution in [0.4, 0.5) is 11.5 Å². The standard InChI is InChI=1S/C44H34Cl2N4O5S/c1-21-29-18-24(46)11-17-34(29)56-39(21)32-20-35(48(3)47-32)50-41(53)31-19-30-27(14-15-28-36(30)42(54)49(40(28)52)25-12-9-23(45)10-13-25)38(44(31,2)43(50)55)37-26-7-5-4-6-22(26)8-16-33(37)51/h4-14,16-18,20,28,30-31,36,38,51H,15,19H2,1-3H3/t28-,30+,31-,36-,38+,44+/m0/s1. The number of amides is 4. The lowest BCUT2D eigenvalue weighted by atomic mass is 9.51. The first-order chi connectivity index (χ1) is 26.9. The van der Waals surface area contributed by atoms with Crippen LogP contribution in [-0.2, 0) is 26.2 Å². The lowest BCUT2D eigenvalue weighted by Gasteiger charge is -2.49. The van der Waals surface area contributed by atoms with Crippen molar-refractivity contribution in [3.05, 3.63) is 118 Å². The summed E-state index contributed by atoms with van der Waals surface area (Å²) in [6.07, 6.45) is 2.46. The van der Waals surface area contributed by atoms with Gasteiger partial charge in [-0.3, -0.25) is 28.8 Å². The zero-order valence-electron chi connectivity index (χ0n) is 30.5. The second kappa shape index (κ2) is 12.4. The fraction of sp³-hybridized carbons (Fsp3) is 0.250. The minimum absolute atomic E-state index is 0.00387. The molecule has 4 aromatic carbocycles. The number of aromatic nitrogens is 2. The number of phenolic OH excluding ortho intramolecular Hbond substituents is 1. The summed E-state index contributed by atoms with van der Waals surface area (Å²) in [5.74, 6) is -4.72. The van der Waals surface area contributed by atoms with Gasteiger partial charge in [-0.15, -0.1) is 11.3 Å². The van der Waals surface area contributed by atoms with Gasteiger partial charge in [0.15, 0.2) is 0 Å². The van der Waals surface area contributed by atoms with Crippen molar-refractivity contribution in [3.63, 3.8) is 0 Å². The number of imide groups is 2. The Kier molecular flexibility index (Phi) is 7.75. The van der Waals surface area contributed by atoms with Gasteiger partial charge in [0.25, 0.3) is 0 Å². The number of benzene rings is 4. The number of rotatable bonds is 4. The number of fused-ring (bicyclic) bond motifs is 6. The van der Waals surface area contributed by atoms with Crippen LogP contribution in [0.15, 0.2) is 96.6 Å². The number of aromatic hydroxyl groups is 1. The van der Waals surface area contributed by atoms with E-state index in [-0.39, 0.29) is 30.4 Å². The van der Waals surface area contributed by atoms with Crippen molar-refractivity contribution < 1.29 is 24.3 Å². The van der Waals surface area contributed by atoms with Crippen LogP contribution in [0.1, 0.15) is 36.8 Å². The molecule has 56 heavy (non-hydrogen) atoms. The molecule has 2 saturated heterocycles. The van der Waals surface area contributed by atoms with Crippen LogP contribution in [0.2, 0.25) is 10.0 Å². The first kappa shape index (κ1) is 35.1. The highest BCUT2D eigenvalue weighted by molar-refractivity contribution is 7.22. The molecule has 0 radical (unpaired) electrons. The molecule has 0 unspecified atom stereocenters. The molecule has 4 heterocycles. The van der Waals surface area contributed by atoms with Crippen molar-refractivity contribution in [2.75, 3.05) is 9.80 Å². The van der Waals surface area contributed by atoms with E-state index in [0.29, 0.717) is 32.8 Å². The van der Waals surface area contributed by atoms with Gasteiger partial charge in [-0.2, -0.15) is 5.10 Å². The molecule has 2 aromatic heterocycles. The number of thiophene rings is 1. The van der Waals surface area contributed by atoms with E-state index in [4.69, 9.17) is 28.3 Å². The number of nitrogens with zero attached hydrogens (tertiary/aromatic N) is 4. The average Bonchev–Trinajstić information content (AvgIpc) is 3.86. The molecule has 4 aliphatic rings. The molecule has 0 bridgehead atoms. The molecule has 6 atom stereocenters. The maximum absolute atomic E-state index is 15.3. The molecule has 280 valence electrons. The predicted molar refractivity (Wildman–Crippen MR) is 218 cm³/mol. The van der Waals surface area contributed by atoms with Crippen LogP contribution in [0.5, 0.6) is 5.75 Å². The zero-order valence-corrected chi connectivity index (χ0v) is 32.8. The van der Waals surface area contributed by atoms with Gasteiger partial charge in [0.1, 0.15) is 17.3 Å². The summed E-state index contributed by atoms with van der Waals surface area (Å²) < 4.78 is 2.61. The number of phenols is 1. The number of hydrogen-bond acceptors (Lipinski definition) is 7. The Morgan fingerprint density at radius 1 is 0.839 bits per heavy atom. The van der Waals surface area contributed by atoms with E-state index in [1.54, 1.807) is 59.5 Å².